The Kier molecular flexibility index (Phi) is 3.20. The SMILES string of the molecule is c1ccc2c(c1)cn1c3cc4c(cc3c3ccc5oc6ccccc6c5c3c21)sc1ccccc14. The van der Waals surface area contributed by atoms with Crippen molar-refractivity contribution in [3.8, 4) is 0 Å². The van der Waals surface area contributed by atoms with Crippen LogP contribution in [-0.4, -0.2) is 4.40 Å². The summed E-state index contributed by atoms with van der Waals surface area (Å²) in [5.41, 5.74) is 4.36. The molecule has 0 aliphatic carbocycles. The van der Waals surface area contributed by atoms with E-state index >= 15 is 0 Å². The van der Waals surface area contributed by atoms with Crippen molar-refractivity contribution in [2.75, 3.05) is 0 Å². The molecule has 0 fully saturated rings. The first-order valence-corrected chi connectivity index (χ1v) is 12.7. The van der Waals surface area contributed by atoms with Crippen LogP contribution in [0.3, 0.4) is 0 Å². The Morgan fingerprint density at radius 3 is 2.29 bits per heavy atom. The largest absolute Gasteiger partial charge is 0.456 e. The van der Waals surface area contributed by atoms with Crippen LogP contribution in [0, 0.1) is 0 Å². The number of para-hydroxylation sites is 1. The molecule has 0 radical (unpaired) electrons. The minimum absolute atomic E-state index is 0.934. The first kappa shape index (κ1) is 18.0. The van der Waals surface area contributed by atoms with E-state index in [1.54, 1.807) is 0 Å². The van der Waals surface area contributed by atoms with E-state index in [1.165, 1.54) is 68.9 Å². The number of thiophene rings is 1. The smallest absolute Gasteiger partial charge is 0.136 e. The lowest BCUT2D eigenvalue weighted by molar-refractivity contribution is 0.669. The summed E-state index contributed by atoms with van der Waals surface area (Å²) >= 11 is 1.88. The summed E-state index contributed by atoms with van der Waals surface area (Å²) in [6.07, 6.45) is 2.30. The van der Waals surface area contributed by atoms with Gasteiger partial charge in [0.05, 0.1) is 11.0 Å². The Morgan fingerprint density at radius 2 is 1.34 bits per heavy atom. The molecule has 0 atom stereocenters. The summed E-state index contributed by atoms with van der Waals surface area (Å²) in [5, 5.41) is 11.4. The first-order valence-electron chi connectivity index (χ1n) is 11.9. The van der Waals surface area contributed by atoms with Gasteiger partial charge < -0.3 is 8.82 Å². The molecular formula is C32H17NOS. The number of hydrogen-bond donors (Lipinski definition) is 0. The maximum absolute atomic E-state index is 6.31. The molecule has 0 spiro atoms. The third-order valence-corrected chi connectivity index (χ3v) is 8.68. The van der Waals surface area contributed by atoms with Gasteiger partial charge in [-0.15, -0.1) is 11.3 Å². The predicted molar refractivity (Wildman–Crippen MR) is 150 cm³/mol. The lowest BCUT2D eigenvalue weighted by atomic mass is 9.98. The van der Waals surface area contributed by atoms with Crippen LogP contribution in [0.15, 0.2) is 108 Å². The molecule has 4 heterocycles. The van der Waals surface area contributed by atoms with Gasteiger partial charge in [-0.3, -0.25) is 0 Å². The number of nitrogens with zero attached hydrogens (tertiary/aromatic N) is 1. The number of fused-ring (bicyclic) bond motifs is 15. The highest BCUT2D eigenvalue weighted by molar-refractivity contribution is 7.25. The molecule has 162 valence electrons. The number of pyridine rings is 1. The highest BCUT2D eigenvalue weighted by Crippen LogP contribution is 2.44. The quantitative estimate of drug-likeness (QED) is 0.205. The lowest BCUT2D eigenvalue weighted by Gasteiger charge is -2.11. The van der Waals surface area contributed by atoms with Crippen LogP contribution in [-0.2, 0) is 0 Å². The maximum atomic E-state index is 6.31. The lowest BCUT2D eigenvalue weighted by Crippen LogP contribution is -1.90. The molecule has 0 bridgehead atoms. The third-order valence-electron chi connectivity index (χ3n) is 7.55. The molecule has 0 aliphatic rings. The third kappa shape index (κ3) is 2.20. The fourth-order valence-electron chi connectivity index (χ4n) is 6.07. The average molecular weight is 464 g/mol. The summed E-state index contributed by atoms with van der Waals surface area (Å²) in [6, 6.07) is 35.0. The topological polar surface area (TPSA) is 17.6 Å². The Hall–Kier alpha value is -4.34. The van der Waals surface area contributed by atoms with Crippen molar-refractivity contribution in [1.82, 2.24) is 4.40 Å². The Morgan fingerprint density at radius 1 is 0.543 bits per heavy atom. The van der Waals surface area contributed by atoms with Gasteiger partial charge in [-0.2, -0.15) is 0 Å². The zero-order valence-corrected chi connectivity index (χ0v) is 19.4. The molecule has 0 aliphatic heterocycles. The highest BCUT2D eigenvalue weighted by atomic mass is 32.1. The fourth-order valence-corrected chi connectivity index (χ4v) is 7.19. The van der Waals surface area contributed by atoms with E-state index in [4.69, 9.17) is 4.42 Å². The second kappa shape index (κ2) is 6.21. The maximum Gasteiger partial charge on any atom is 0.136 e. The summed E-state index contributed by atoms with van der Waals surface area (Å²) < 4.78 is 11.4. The van der Waals surface area contributed by atoms with Crippen molar-refractivity contribution in [2.24, 2.45) is 0 Å². The predicted octanol–water partition coefficient (Wildman–Crippen LogP) is 9.67. The van der Waals surface area contributed by atoms with E-state index in [-0.39, 0.29) is 0 Å². The fraction of sp³-hybridized carbons (Fsp3) is 0. The van der Waals surface area contributed by atoms with E-state index in [0.29, 0.717) is 0 Å². The normalized spacial score (nSPS) is 12.6. The van der Waals surface area contributed by atoms with Gasteiger partial charge in [0.1, 0.15) is 11.2 Å². The van der Waals surface area contributed by atoms with Crippen LogP contribution >= 0.6 is 11.3 Å². The van der Waals surface area contributed by atoms with Crippen LogP contribution in [0.5, 0.6) is 0 Å². The zero-order valence-electron chi connectivity index (χ0n) is 18.6. The summed E-state index contributed by atoms with van der Waals surface area (Å²) in [5.74, 6) is 0. The van der Waals surface area contributed by atoms with E-state index in [9.17, 15) is 0 Å². The van der Waals surface area contributed by atoms with Gasteiger partial charge in [0.2, 0.25) is 0 Å². The van der Waals surface area contributed by atoms with E-state index in [2.05, 4.69) is 102 Å². The molecule has 0 saturated heterocycles. The zero-order chi connectivity index (χ0) is 22.7. The van der Waals surface area contributed by atoms with Crippen molar-refractivity contribution >= 4 is 91.4 Å². The van der Waals surface area contributed by atoms with E-state index in [1.807, 2.05) is 17.4 Å². The summed E-state index contributed by atoms with van der Waals surface area (Å²) in [4.78, 5) is 0. The Balaban J connectivity index is 1.65. The van der Waals surface area contributed by atoms with Crippen LogP contribution in [0.1, 0.15) is 0 Å². The minimum atomic E-state index is 0.934. The monoisotopic (exact) mass is 463 g/mol. The van der Waals surface area contributed by atoms with Gasteiger partial charge in [-0.25, -0.2) is 0 Å². The molecule has 2 nitrogen and oxygen atoms in total. The minimum Gasteiger partial charge on any atom is -0.456 e. The van der Waals surface area contributed by atoms with Gasteiger partial charge >= 0.3 is 0 Å². The molecule has 9 rings (SSSR count). The van der Waals surface area contributed by atoms with Crippen LogP contribution in [0.25, 0.3) is 80.1 Å². The van der Waals surface area contributed by atoms with Crippen molar-refractivity contribution < 1.29 is 4.42 Å². The van der Waals surface area contributed by atoms with Crippen LogP contribution in [0.2, 0.25) is 0 Å². The molecule has 0 unspecified atom stereocenters. The van der Waals surface area contributed by atoms with Gasteiger partial charge in [0, 0.05) is 58.7 Å². The first-order chi connectivity index (χ1) is 17.3. The highest BCUT2D eigenvalue weighted by Gasteiger charge is 2.19. The molecule has 35 heavy (non-hydrogen) atoms. The van der Waals surface area contributed by atoms with Crippen molar-refractivity contribution in [3.05, 3.63) is 103 Å². The number of hydrogen-bond acceptors (Lipinski definition) is 2. The van der Waals surface area contributed by atoms with Crippen LogP contribution < -0.4 is 0 Å². The second-order valence-electron chi connectivity index (χ2n) is 9.36. The molecule has 0 saturated carbocycles. The van der Waals surface area contributed by atoms with Gasteiger partial charge in [-0.05, 0) is 41.8 Å². The van der Waals surface area contributed by atoms with Gasteiger partial charge in [0.15, 0.2) is 0 Å². The van der Waals surface area contributed by atoms with E-state index < -0.39 is 0 Å². The van der Waals surface area contributed by atoms with Crippen molar-refractivity contribution in [1.29, 1.82) is 0 Å². The molecule has 0 amide bonds. The molecule has 0 N–H and O–H groups in total. The molecule has 5 aromatic carbocycles. The van der Waals surface area contributed by atoms with Crippen molar-refractivity contribution in [2.45, 2.75) is 0 Å². The van der Waals surface area contributed by atoms with Crippen molar-refractivity contribution in [3.63, 3.8) is 0 Å². The standard InChI is InChI=1S/C32H17NOS/c1-2-8-19-18(7-1)17-33-25-15-24-20-9-4-6-12-28(20)35-29(24)16-23(25)21-13-14-27-30(31(21)32(19)33)22-10-3-5-11-26(22)34-27/h1-17H. The average Bonchev–Trinajstić information content (AvgIpc) is 3.58. The second-order valence-corrected chi connectivity index (χ2v) is 10.4. The van der Waals surface area contributed by atoms with Crippen LogP contribution in [0.4, 0.5) is 0 Å². The van der Waals surface area contributed by atoms with E-state index in [0.717, 1.165) is 11.2 Å². The number of benzene rings is 5. The number of aromatic nitrogens is 1. The molecule has 9 aromatic rings. The molecule has 4 aromatic heterocycles. The summed E-state index contributed by atoms with van der Waals surface area (Å²) in [7, 11) is 0. The van der Waals surface area contributed by atoms with Gasteiger partial charge in [-0.1, -0.05) is 60.7 Å². The molecule has 3 heteroatoms. The molecular weight excluding hydrogens is 446 g/mol. The number of furan rings is 1. The Bertz CT molecular complexity index is 2330. The van der Waals surface area contributed by atoms with Gasteiger partial charge in [0.25, 0.3) is 0 Å². The Labute approximate surface area is 203 Å². The summed E-state index contributed by atoms with van der Waals surface area (Å²) in [6.45, 7) is 0. The number of rotatable bonds is 0.